The first-order valence-electron chi connectivity index (χ1n) is 13.3. The van der Waals surface area contributed by atoms with Crippen LogP contribution in [-0.2, 0) is 26.1 Å². The molecule has 1 aliphatic heterocycles. The number of aryl methyl sites for hydroxylation is 1. The van der Waals surface area contributed by atoms with E-state index >= 15 is 0 Å². The topological polar surface area (TPSA) is 55.8 Å². The maximum atomic E-state index is 13.3. The van der Waals surface area contributed by atoms with Gasteiger partial charge in [-0.1, -0.05) is 69.6 Å². The van der Waals surface area contributed by atoms with E-state index in [2.05, 4.69) is 39.8 Å². The normalized spacial score (nSPS) is 18.4. The minimum absolute atomic E-state index is 0.00372. The van der Waals surface area contributed by atoms with Crippen LogP contribution in [0.25, 0.3) is 5.57 Å². The molecule has 2 aromatic carbocycles. The number of benzene rings is 2. The van der Waals surface area contributed by atoms with Gasteiger partial charge in [-0.15, -0.1) is 0 Å². The summed E-state index contributed by atoms with van der Waals surface area (Å²) in [5.41, 5.74) is 2.98. The lowest BCUT2D eigenvalue weighted by atomic mass is 9.68. The molecule has 2 aromatic rings. The number of esters is 1. The van der Waals surface area contributed by atoms with Gasteiger partial charge in [-0.25, -0.2) is 4.79 Å². The Morgan fingerprint density at radius 3 is 2.37 bits per heavy atom. The van der Waals surface area contributed by atoms with Gasteiger partial charge >= 0.3 is 5.97 Å². The molecule has 0 spiro atoms. The van der Waals surface area contributed by atoms with Crippen molar-refractivity contribution < 1.29 is 19.1 Å². The highest BCUT2D eigenvalue weighted by Gasteiger charge is 2.41. The average molecular weight is 540 g/mol. The average Bonchev–Trinajstić information content (AvgIpc) is 2.81. The van der Waals surface area contributed by atoms with Gasteiger partial charge in [-0.05, 0) is 73.4 Å². The van der Waals surface area contributed by atoms with E-state index in [1.54, 1.807) is 18.1 Å². The largest absolute Gasteiger partial charge is 0.456 e. The Bertz CT molecular complexity index is 1200. The third kappa shape index (κ3) is 7.27. The van der Waals surface area contributed by atoms with Crippen LogP contribution in [0, 0.1) is 5.41 Å². The fourth-order valence-electron chi connectivity index (χ4n) is 4.70. The first kappa shape index (κ1) is 29.9. The van der Waals surface area contributed by atoms with Crippen molar-refractivity contribution in [3.8, 4) is 0 Å². The van der Waals surface area contributed by atoms with E-state index in [1.807, 2.05) is 51.2 Å². The highest BCUT2D eigenvalue weighted by atomic mass is 35.5. The van der Waals surface area contributed by atoms with Gasteiger partial charge in [-0.2, -0.15) is 0 Å². The quantitative estimate of drug-likeness (QED) is 0.327. The van der Waals surface area contributed by atoms with E-state index < -0.39 is 17.0 Å². The fraction of sp³-hybridized carbons (Fsp3) is 0.500. The Morgan fingerprint density at radius 1 is 1.08 bits per heavy atom. The van der Waals surface area contributed by atoms with Crippen molar-refractivity contribution >= 4 is 29.1 Å². The second kappa shape index (κ2) is 11.6. The van der Waals surface area contributed by atoms with Crippen molar-refractivity contribution in [2.45, 2.75) is 78.7 Å². The number of allylic oxidation sites excluding steroid dienone is 1. The number of ether oxygens (including phenoxy) is 2. The second-order valence-corrected chi connectivity index (χ2v) is 13.0. The third-order valence-corrected chi connectivity index (χ3v) is 7.26. The van der Waals surface area contributed by atoms with Crippen LogP contribution in [0.15, 0.2) is 48.7 Å². The van der Waals surface area contributed by atoms with Crippen molar-refractivity contribution in [3.05, 3.63) is 75.9 Å². The minimum atomic E-state index is -0.703. The Morgan fingerprint density at radius 2 is 1.76 bits per heavy atom. The summed E-state index contributed by atoms with van der Waals surface area (Å²) in [7, 11) is 1.62. The van der Waals surface area contributed by atoms with Gasteiger partial charge in [0.05, 0.1) is 12.2 Å². The van der Waals surface area contributed by atoms with Crippen LogP contribution in [0.3, 0.4) is 0 Å². The Balaban J connectivity index is 2.13. The zero-order chi connectivity index (χ0) is 28.3. The van der Waals surface area contributed by atoms with Crippen LogP contribution >= 0.6 is 11.6 Å². The summed E-state index contributed by atoms with van der Waals surface area (Å²) in [6, 6.07) is 13.6. The van der Waals surface area contributed by atoms with Crippen molar-refractivity contribution in [2.75, 3.05) is 20.3 Å². The molecular weight excluding hydrogens is 498 g/mol. The number of hydrogen-bond acceptors (Lipinski definition) is 4. The van der Waals surface area contributed by atoms with Gasteiger partial charge in [0.1, 0.15) is 5.60 Å². The highest BCUT2D eigenvalue weighted by Crippen LogP contribution is 2.46. The number of carbonyl (C=O) groups is 2. The second-order valence-electron chi connectivity index (χ2n) is 12.5. The predicted octanol–water partition coefficient (Wildman–Crippen LogP) is 7.45. The summed E-state index contributed by atoms with van der Waals surface area (Å²) in [4.78, 5) is 28.3. The highest BCUT2D eigenvalue weighted by molar-refractivity contribution is 6.31. The summed E-state index contributed by atoms with van der Waals surface area (Å²) in [6.07, 6.45) is 4.01. The molecule has 206 valence electrons. The summed E-state index contributed by atoms with van der Waals surface area (Å²) in [5.74, 6) is -0.400. The maximum absolute atomic E-state index is 13.3. The molecule has 1 atom stereocenters. The Kier molecular flexibility index (Phi) is 9.16. The molecule has 6 heteroatoms. The number of nitrogens with zero attached hydrogens (tertiary/aromatic N) is 1. The summed E-state index contributed by atoms with van der Waals surface area (Å²) < 4.78 is 11.0. The van der Waals surface area contributed by atoms with Gasteiger partial charge in [0.15, 0.2) is 0 Å². The molecule has 1 amide bonds. The molecule has 0 aliphatic carbocycles. The van der Waals surface area contributed by atoms with Crippen molar-refractivity contribution in [1.29, 1.82) is 0 Å². The number of methoxy groups -OCH3 is 1. The lowest BCUT2D eigenvalue weighted by Gasteiger charge is -2.40. The van der Waals surface area contributed by atoms with Gasteiger partial charge in [0.2, 0.25) is 5.91 Å². The van der Waals surface area contributed by atoms with Gasteiger partial charge in [-0.3, -0.25) is 4.79 Å². The third-order valence-electron chi connectivity index (χ3n) is 6.91. The van der Waals surface area contributed by atoms with Crippen LogP contribution in [-0.4, -0.2) is 42.6 Å². The molecule has 0 aromatic heterocycles. The van der Waals surface area contributed by atoms with Crippen LogP contribution in [0.5, 0.6) is 0 Å². The fourth-order valence-corrected chi connectivity index (χ4v) is 4.98. The van der Waals surface area contributed by atoms with Crippen LogP contribution in [0.1, 0.15) is 88.4 Å². The van der Waals surface area contributed by atoms with Crippen LogP contribution in [0.4, 0.5) is 0 Å². The molecule has 3 rings (SSSR count). The SMILES string of the molecule is COCCN1C=C(c2ccccc2C(=O)OC(C)(C)C)[C@](C)(c2ccc(CCC(C)(C)C)c(Cl)c2)CC1=O. The van der Waals surface area contributed by atoms with Gasteiger partial charge in [0, 0.05) is 36.7 Å². The molecule has 1 heterocycles. The summed E-state index contributed by atoms with van der Waals surface area (Å²) >= 11 is 6.82. The van der Waals surface area contributed by atoms with Crippen LogP contribution < -0.4 is 0 Å². The van der Waals surface area contributed by atoms with Crippen molar-refractivity contribution in [1.82, 2.24) is 4.90 Å². The smallest absolute Gasteiger partial charge is 0.339 e. The van der Waals surface area contributed by atoms with E-state index in [4.69, 9.17) is 21.1 Å². The minimum Gasteiger partial charge on any atom is -0.456 e. The number of halogens is 1. The molecule has 0 radical (unpaired) electrons. The molecule has 0 saturated heterocycles. The maximum Gasteiger partial charge on any atom is 0.339 e. The standard InChI is InChI=1S/C32H42ClNO4/c1-30(2,3)16-15-22-13-14-23(19-27(22)33)32(7)20-28(35)34(17-18-37-8)21-26(32)24-11-9-10-12-25(24)29(36)38-31(4,5)6/h9-14,19,21H,15-18,20H2,1-8H3/t32-/m0/s1. The van der Waals surface area contributed by atoms with Crippen LogP contribution in [0.2, 0.25) is 5.02 Å². The molecule has 0 saturated carbocycles. The number of carbonyl (C=O) groups excluding carboxylic acids is 2. The van der Waals surface area contributed by atoms with E-state index in [1.165, 1.54) is 0 Å². The summed E-state index contributed by atoms with van der Waals surface area (Å²) in [6.45, 7) is 15.1. The first-order chi connectivity index (χ1) is 17.6. The monoisotopic (exact) mass is 539 g/mol. The molecule has 0 bridgehead atoms. The Labute approximate surface area is 233 Å². The van der Waals surface area contributed by atoms with Crippen molar-refractivity contribution in [2.24, 2.45) is 5.41 Å². The molecule has 1 aliphatic rings. The van der Waals surface area contributed by atoms with Gasteiger partial charge in [0.25, 0.3) is 0 Å². The molecule has 0 fully saturated rings. The van der Waals surface area contributed by atoms with E-state index in [0.717, 1.165) is 35.1 Å². The van der Waals surface area contributed by atoms with E-state index in [0.29, 0.717) is 23.7 Å². The molecule has 38 heavy (non-hydrogen) atoms. The first-order valence-corrected chi connectivity index (χ1v) is 13.6. The number of amides is 1. The number of rotatable bonds is 8. The van der Waals surface area contributed by atoms with E-state index in [-0.39, 0.29) is 17.7 Å². The van der Waals surface area contributed by atoms with Crippen molar-refractivity contribution in [3.63, 3.8) is 0 Å². The molecule has 5 nitrogen and oxygen atoms in total. The van der Waals surface area contributed by atoms with E-state index in [9.17, 15) is 9.59 Å². The molecule has 0 unspecified atom stereocenters. The number of hydrogen-bond donors (Lipinski definition) is 0. The zero-order valence-electron chi connectivity index (χ0n) is 24.1. The zero-order valence-corrected chi connectivity index (χ0v) is 24.9. The lowest BCUT2D eigenvalue weighted by molar-refractivity contribution is -0.130. The molecular formula is C32H42ClNO4. The predicted molar refractivity (Wildman–Crippen MR) is 154 cm³/mol. The summed E-state index contributed by atoms with van der Waals surface area (Å²) in [5, 5.41) is 0.696. The Hall–Kier alpha value is -2.63. The van der Waals surface area contributed by atoms with Gasteiger partial charge < -0.3 is 14.4 Å². The molecule has 0 N–H and O–H groups in total. The lowest BCUT2D eigenvalue weighted by Crippen LogP contribution is -2.41.